The summed E-state index contributed by atoms with van der Waals surface area (Å²) in [5.41, 5.74) is 1.83. The zero-order chi connectivity index (χ0) is 19.1. The van der Waals surface area contributed by atoms with Gasteiger partial charge in [0.15, 0.2) is 0 Å². The predicted molar refractivity (Wildman–Crippen MR) is 111 cm³/mol. The predicted octanol–water partition coefficient (Wildman–Crippen LogP) is 2.86. The van der Waals surface area contributed by atoms with E-state index in [0.717, 1.165) is 49.5 Å². The Morgan fingerprint density at radius 1 is 0.893 bits per heavy atom. The second kappa shape index (κ2) is 7.37. The fourth-order valence-corrected chi connectivity index (χ4v) is 5.46. The highest BCUT2D eigenvalue weighted by molar-refractivity contribution is 5.94. The Bertz CT molecular complexity index is 811. The van der Waals surface area contributed by atoms with Crippen molar-refractivity contribution in [3.63, 3.8) is 0 Å². The average Bonchev–Trinajstić information content (AvgIpc) is 3.33. The van der Waals surface area contributed by atoms with Gasteiger partial charge in [-0.15, -0.1) is 0 Å². The highest BCUT2D eigenvalue weighted by Gasteiger charge is 2.41. The van der Waals surface area contributed by atoms with Gasteiger partial charge in [-0.3, -0.25) is 9.69 Å². The van der Waals surface area contributed by atoms with Crippen molar-refractivity contribution in [3.05, 3.63) is 54.4 Å². The van der Waals surface area contributed by atoms with Gasteiger partial charge in [-0.1, -0.05) is 6.07 Å². The van der Waals surface area contributed by atoms with Crippen molar-refractivity contribution in [3.8, 4) is 5.69 Å². The van der Waals surface area contributed by atoms with Crippen LogP contribution in [-0.2, 0) is 0 Å². The third kappa shape index (κ3) is 3.27. The molecule has 2 bridgehead atoms. The van der Waals surface area contributed by atoms with E-state index in [1.807, 2.05) is 58.3 Å². The van der Waals surface area contributed by atoms with Crippen molar-refractivity contribution in [1.82, 2.24) is 19.3 Å². The molecule has 3 fully saturated rings. The van der Waals surface area contributed by atoms with Gasteiger partial charge in [0, 0.05) is 67.9 Å². The minimum atomic E-state index is 0.164. The normalized spacial score (nSPS) is 28.6. The molecule has 28 heavy (non-hydrogen) atoms. The van der Waals surface area contributed by atoms with Crippen LogP contribution >= 0.6 is 0 Å². The van der Waals surface area contributed by atoms with Gasteiger partial charge in [0.25, 0.3) is 5.91 Å². The van der Waals surface area contributed by atoms with Crippen molar-refractivity contribution >= 4 is 5.91 Å². The van der Waals surface area contributed by atoms with E-state index in [0.29, 0.717) is 6.04 Å². The van der Waals surface area contributed by atoms with Crippen molar-refractivity contribution < 1.29 is 4.79 Å². The lowest BCUT2D eigenvalue weighted by atomic mass is 9.96. The summed E-state index contributed by atoms with van der Waals surface area (Å²) >= 11 is 0. The van der Waals surface area contributed by atoms with Crippen LogP contribution in [0.25, 0.3) is 5.69 Å². The first-order chi connectivity index (χ1) is 13.7. The molecule has 0 aliphatic carbocycles. The molecule has 5 rings (SSSR count). The summed E-state index contributed by atoms with van der Waals surface area (Å²) in [6, 6.07) is 14.2. The van der Waals surface area contributed by atoms with Crippen LogP contribution in [0.3, 0.4) is 0 Å². The molecule has 0 N–H and O–H groups in total. The molecule has 2 aromatic rings. The summed E-state index contributed by atoms with van der Waals surface area (Å²) in [5.74, 6) is 0.164. The number of carbonyl (C=O) groups excluding carboxylic acids is 1. The van der Waals surface area contributed by atoms with Gasteiger partial charge in [0.05, 0.1) is 0 Å². The van der Waals surface area contributed by atoms with Gasteiger partial charge in [0.1, 0.15) is 0 Å². The molecule has 0 spiro atoms. The fourth-order valence-electron chi connectivity index (χ4n) is 5.46. The number of piperazine rings is 1. The van der Waals surface area contributed by atoms with Crippen molar-refractivity contribution in [1.29, 1.82) is 0 Å². The first-order valence-corrected chi connectivity index (χ1v) is 10.7. The number of piperidine rings is 1. The topological polar surface area (TPSA) is 31.7 Å². The average molecular weight is 379 g/mol. The van der Waals surface area contributed by atoms with Crippen molar-refractivity contribution in [2.75, 3.05) is 33.2 Å². The summed E-state index contributed by atoms with van der Waals surface area (Å²) in [6.07, 6.45) is 9.37. The van der Waals surface area contributed by atoms with E-state index in [1.54, 1.807) is 0 Å². The molecule has 5 nitrogen and oxygen atoms in total. The fraction of sp³-hybridized carbons (Fsp3) is 0.522. The van der Waals surface area contributed by atoms with Gasteiger partial charge in [-0.25, -0.2) is 0 Å². The molecule has 5 heteroatoms. The molecule has 3 saturated heterocycles. The largest absolute Gasteiger partial charge is 0.336 e. The Hall–Kier alpha value is -2.11. The zero-order valence-corrected chi connectivity index (χ0v) is 16.7. The van der Waals surface area contributed by atoms with E-state index in [2.05, 4.69) is 16.8 Å². The zero-order valence-electron chi connectivity index (χ0n) is 16.7. The van der Waals surface area contributed by atoms with Crippen LogP contribution in [-0.4, -0.2) is 76.5 Å². The third-order valence-corrected chi connectivity index (χ3v) is 7.19. The Balaban J connectivity index is 1.21. The Kier molecular flexibility index (Phi) is 4.73. The molecule has 1 aromatic heterocycles. The molecule has 1 aromatic carbocycles. The summed E-state index contributed by atoms with van der Waals surface area (Å²) in [5, 5.41) is 0. The van der Waals surface area contributed by atoms with Gasteiger partial charge < -0.3 is 14.4 Å². The van der Waals surface area contributed by atoms with Gasteiger partial charge in [-0.2, -0.15) is 0 Å². The summed E-state index contributed by atoms with van der Waals surface area (Å²) in [7, 11) is 2.30. The Morgan fingerprint density at radius 3 is 2.25 bits per heavy atom. The lowest BCUT2D eigenvalue weighted by Gasteiger charge is -2.45. The molecule has 4 heterocycles. The van der Waals surface area contributed by atoms with Crippen LogP contribution in [0.4, 0.5) is 0 Å². The van der Waals surface area contributed by atoms with E-state index in [4.69, 9.17) is 0 Å². The minimum Gasteiger partial charge on any atom is -0.336 e. The Labute approximate surface area is 167 Å². The molecule has 1 amide bonds. The minimum absolute atomic E-state index is 0.164. The molecular formula is C23H30N4O. The maximum absolute atomic E-state index is 13.1. The van der Waals surface area contributed by atoms with Crippen LogP contribution in [0, 0.1) is 0 Å². The van der Waals surface area contributed by atoms with Crippen LogP contribution in [0.1, 0.15) is 36.0 Å². The summed E-state index contributed by atoms with van der Waals surface area (Å²) < 4.78 is 2.04. The van der Waals surface area contributed by atoms with E-state index in [9.17, 15) is 4.79 Å². The van der Waals surface area contributed by atoms with Crippen molar-refractivity contribution in [2.45, 2.75) is 43.8 Å². The van der Waals surface area contributed by atoms with E-state index in [1.165, 1.54) is 25.7 Å². The standard InChI is InChI=1S/C23H30N4O/c1-24-19-7-8-20(24)17-22(16-19)26-11-13-27(14-12-26)23(28)18-5-4-6-21(15-18)25-9-2-3-10-25/h2-6,9-10,15,19-20,22H,7-8,11-14,16-17H2,1H3. The first-order valence-electron chi connectivity index (χ1n) is 10.7. The summed E-state index contributed by atoms with van der Waals surface area (Å²) in [4.78, 5) is 20.3. The molecule has 0 saturated carbocycles. The number of carbonyl (C=O) groups is 1. The Morgan fingerprint density at radius 2 is 1.57 bits per heavy atom. The molecule has 148 valence electrons. The number of aromatic nitrogens is 1. The van der Waals surface area contributed by atoms with Crippen LogP contribution < -0.4 is 0 Å². The number of hydrogen-bond donors (Lipinski definition) is 0. The van der Waals surface area contributed by atoms with E-state index < -0.39 is 0 Å². The lowest BCUT2D eigenvalue weighted by molar-refractivity contribution is 0.0343. The molecule has 3 aliphatic rings. The number of fused-ring (bicyclic) bond motifs is 2. The second-order valence-corrected chi connectivity index (χ2v) is 8.64. The molecular weight excluding hydrogens is 348 g/mol. The highest BCUT2D eigenvalue weighted by Crippen LogP contribution is 2.36. The quantitative estimate of drug-likeness (QED) is 0.823. The van der Waals surface area contributed by atoms with Gasteiger partial charge >= 0.3 is 0 Å². The lowest BCUT2D eigenvalue weighted by Crippen LogP contribution is -2.55. The first kappa shape index (κ1) is 18.0. The van der Waals surface area contributed by atoms with Crippen LogP contribution in [0.2, 0.25) is 0 Å². The molecule has 3 aliphatic heterocycles. The van der Waals surface area contributed by atoms with Gasteiger partial charge in [0.2, 0.25) is 0 Å². The second-order valence-electron chi connectivity index (χ2n) is 8.64. The third-order valence-electron chi connectivity index (χ3n) is 7.19. The van der Waals surface area contributed by atoms with E-state index >= 15 is 0 Å². The molecule has 2 atom stereocenters. The molecule has 2 unspecified atom stereocenters. The monoisotopic (exact) mass is 378 g/mol. The van der Waals surface area contributed by atoms with Gasteiger partial charge in [-0.05, 0) is 63.1 Å². The number of hydrogen-bond acceptors (Lipinski definition) is 3. The smallest absolute Gasteiger partial charge is 0.254 e. The van der Waals surface area contributed by atoms with Crippen LogP contribution in [0.15, 0.2) is 48.8 Å². The maximum atomic E-state index is 13.1. The molecule has 0 radical (unpaired) electrons. The number of rotatable bonds is 3. The number of amides is 1. The maximum Gasteiger partial charge on any atom is 0.254 e. The SMILES string of the molecule is CN1C2CCC1CC(N1CCN(C(=O)c3cccc(-n4cccc4)c3)CC1)C2. The van der Waals surface area contributed by atoms with Crippen LogP contribution in [0.5, 0.6) is 0 Å². The van der Waals surface area contributed by atoms with Crippen molar-refractivity contribution in [2.24, 2.45) is 0 Å². The highest BCUT2D eigenvalue weighted by atomic mass is 16.2. The van der Waals surface area contributed by atoms with E-state index in [-0.39, 0.29) is 5.91 Å². The number of nitrogens with zero attached hydrogens (tertiary/aromatic N) is 4. The number of benzene rings is 1. The summed E-state index contributed by atoms with van der Waals surface area (Å²) in [6.45, 7) is 3.70.